The van der Waals surface area contributed by atoms with Crippen LogP contribution >= 0.6 is 0 Å². The second-order valence-corrected chi connectivity index (χ2v) is 5.37. The fourth-order valence-corrected chi connectivity index (χ4v) is 2.41. The van der Waals surface area contributed by atoms with Crippen molar-refractivity contribution in [2.75, 3.05) is 26.6 Å². The first-order valence-electron chi connectivity index (χ1n) is 7.80. The van der Waals surface area contributed by atoms with Crippen molar-refractivity contribution in [2.24, 2.45) is 0 Å². The fraction of sp³-hybridized carbons (Fsp3) is 0.294. The molecule has 9 heteroatoms. The Balaban J connectivity index is 1.87. The Morgan fingerprint density at radius 2 is 1.77 bits per heavy atom. The molecule has 0 aliphatic rings. The Morgan fingerprint density at radius 1 is 1.04 bits per heavy atom. The highest BCUT2D eigenvalue weighted by atomic mass is 16.5. The number of benzene rings is 1. The molecule has 0 amide bonds. The van der Waals surface area contributed by atoms with E-state index in [0.29, 0.717) is 41.2 Å². The molecule has 0 radical (unpaired) electrons. The maximum absolute atomic E-state index is 5.37. The normalized spacial score (nSPS) is 10.5. The van der Waals surface area contributed by atoms with Gasteiger partial charge in [0, 0.05) is 11.6 Å². The van der Waals surface area contributed by atoms with E-state index in [9.17, 15) is 0 Å². The summed E-state index contributed by atoms with van der Waals surface area (Å²) in [7, 11) is 4.68. The quantitative estimate of drug-likeness (QED) is 0.682. The summed E-state index contributed by atoms with van der Waals surface area (Å²) in [5.41, 5.74) is 2.18. The molecule has 0 aliphatic heterocycles. The first-order valence-corrected chi connectivity index (χ1v) is 7.80. The van der Waals surface area contributed by atoms with Crippen molar-refractivity contribution in [1.82, 2.24) is 20.3 Å². The molecule has 0 saturated heterocycles. The van der Waals surface area contributed by atoms with Crippen molar-refractivity contribution in [3.63, 3.8) is 0 Å². The number of anilines is 1. The van der Waals surface area contributed by atoms with Gasteiger partial charge in [0.05, 0.1) is 45.5 Å². The molecule has 2 aromatic heterocycles. The molecule has 3 aromatic rings. The van der Waals surface area contributed by atoms with Crippen LogP contribution in [-0.4, -0.2) is 41.7 Å². The van der Waals surface area contributed by atoms with Crippen LogP contribution in [0.15, 0.2) is 28.9 Å². The number of aromatic nitrogens is 4. The van der Waals surface area contributed by atoms with Gasteiger partial charge in [-0.1, -0.05) is 5.16 Å². The lowest BCUT2D eigenvalue weighted by Gasteiger charge is -2.14. The second-order valence-electron chi connectivity index (χ2n) is 5.37. The molecule has 0 spiro atoms. The van der Waals surface area contributed by atoms with Gasteiger partial charge in [0.25, 0.3) is 0 Å². The van der Waals surface area contributed by atoms with Crippen LogP contribution in [0.4, 0.5) is 5.95 Å². The van der Waals surface area contributed by atoms with E-state index >= 15 is 0 Å². The van der Waals surface area contributed by atoms with Crippen LogP contribution in [0, 0.1) is 6.92 Å². The van der Waals surface area contributed by atoms with Gasteiger partial charge in [-0.05, 0) is 19.1 Å². The van der Waals surface area contributed by atoms with E-state index in [1.165, 1.54) is 0 Å². The summed E-state index contributed by atoms with van der Waals surface area (Å²) in [5, 5.41) is 14.9. The highest BCUT2D eigenvalue weighted by Crippen LogP contribution is 2.40. The number of nitrogens with one attached hydrogen (secondary N) is 1. The van der Waals surface area contributed by atoms with Gasteiger partial charge in [-0.3, -0.25) is 0 Å². The molecule has 2 heterocycles. The zero-order valence-electron chi connectivity index (χ0n) is 14.9. The minimum absolute atomic E-state index is 0.366. The van der Waals surface area contributed by atoms with Gasteiger partial charge in [0.2, 0.25) is 11.7 Å². The average molecular weight is 357 g/mol. The second kappa shape index (κ2) is 7.68. The van der Waals surface area contributed by atoms with Crippen LogP contribution in [0.25, 0.3) is 11.3 Å². The molecule has 3 rings (SSSR count). The third-order valence-electron chi connectivity index (χ3n) is 3.62. The van der Waals surface area contributed by atoms with Gasteiger partial charge in [-0.25, -0.2) is 4.98 Å². The molecule has 0 unspecified atom stereocenters. The maximum atomic E-state index is 5.37. The number of rotatable bonds is 7. The monoisotopic (exact) mass is 357 g/mol. The number of ether oxygens (including phenoxy) is 3. The number of hydrogen-bond donors (Lipinski definition) is 1. The van der Waals surface area contributed by atoms with Crippen LogP contribution in [0.2, 0.25) is 0 Å². The Morgan fingerprint density at radius 3 is 2.35 bits per heavy atom. The van der Waals surface area contributed by atoms with Crippen molar-refractivity contribution in [3.8, 4) is 28.5 Å². The maximum Gasteiger partial charge on any atom is 0.243 e. The molecule has 1 N–H and O–H groups in total. The van der Waals surface area contributed by atoms with E-state index in [4.69, 9.17) is 18.7 Å². The fourth-order valence-electron chi connectivity index (χ4n) is 2.41. The van der Waals surface area contributed by atoms with Crippen LogP contribution in [0.5, 0.6) is 17.2 Å². The Bertz CT molecular complexity index is 871. The summed E-state index contributed by atoms with van der Waals surface area (Å²) >= 11 is 0. The zero-order valence-corrected chi connectivity index (χ0v) is 14.9. The summed E-state index contributed by atoms with van der Waals surface area (Å²) in [4.78, 5) is 4.47. The molecule has 9 nitrogen and oxygen atoms in total. The predicted octanol–water partition coefficient (Wildman–Crippen LogP) is 2.47. The summed E-state index contributed by atoms with van der Waals surface area (Å²) in [6, 6.07) is 5.44. The smallest absolute Gasteiger partial charge is 0.243 e. The molecule has 26 heavy (non-hydrogen) atoms. The lowest BCUT2D eigenvalue weighted by molar-refractivity contribution is 0.324. The van der Waals surface area contributed by atoms with Crippen LogP contribution in [0.1, 0.15) is 11.5 Å². The van der Waals surface area contributed by atoms with Gasteiger partial charge in [0.1, 0.15) is 0 Å². The first kappa shape index (κ1) is 17.5. The SMILES string of the molecule is COc1cc(-c2cnnc(NCc3cc(C)no3)n2)cc(OC)c1OC. The lowest BCUT2D eigenvalue weighted by atomic mass is 10.1. The number of nitrogens with zero attached hydrogens (tertiary/aromatic N) is 4. The Labute approximate surface area is 150 Å². The summed E-state index contributed by atoms with van der Waals surface area (Å²) in [6.45, 7) is 2.26. The molecular weight excluding hydrogens is 338 g/mol. The third-order valence-corrected chi connectivity index (χ3v) is 3.62. The van der Waals surface area contributed by atoms with E-state index in [-0.39, 0.29) is 0 Å². The van der Waals surface area contributed by atoms with E-state index in [0.717, 1.165) is 11.3 Å². The highest BCUT2D eigenvalue weighted by Gasteiger charge is 2.15. The van der Waals surface area contributed by atoms with Crippen molar-refractivity contribution < 1.29 is 18.7 Å². The minimum Gasteiger partial charge on any atom is -0.493 e. The standard InChI is InChI=1S/C17H19N5O4/c1-10-5-12(26-22-10)8-18-17-20-13(9-19-21-17)11-6-14(23-2)16(25-4)15(7-11)24-3/h5-7,9H,8H2,1-4H3,(H,18,20,21). The van der Waals surface area contributed by atoms with E-state index in [1.54, 1.807) is 39.7 Å². The molecule has 0 fully saturated rings. The number of hydrogen-bond acceptors (Lipinski definition) is 9. The van der Waals surface area contributed by atoms with Crippen molar-refractivity contribution in [1.29, 1.82) is 0 Å². The molecule has 1 aromatic carbocycles. The molecular formula is C17H19N5O4. The lowest BCUT2D eigenvalue weighted by Crippen LogP contribution is -2.05. The van der Waals surface area contributed by atoms with E-state index in [1.807, 2.05) is 13.0 Å². The Hall–Kier alpha value is -3.36. The minimum atomic E-state index is 0.366. The average Bonchev–Trinajstić information content (AvgIpc) is 3.10. The molecule has 0 aliphatic carbocycles. The van der Waals surface area contributed by atoms with Gasteiger partial charge in [-0.2, -0.15) is 5.10 Å². The van der Waals surface area contributed by atoms with Crippen molar-refractivity contribution in [2.45, 2.75) is 13.5 Å². The van der Waals surface area contributed by atoms with Crippen LogP contribution < -0.4 is 19.5 Å². The van der Waals surface area contributed by atoms with Gasteiger partial charge in [0.15, 0.2) is 17.3 Å². The van der Waals surface area contributed by atoms with Crippen LogP contribution in [-0.2, 0) is 6.54 Å². The highest BCUT2D eigenvalue weighted by molar-refractivity contribution is 5.68. The van der Waals surface area contributed by atoms with E-state index in [2.05, 4.69) is 25.7 Å². The molecule has 0 atom stereocenters. The van der Waals surface area contributed by atoms with Crippen LogP contribution in [0.3, 0.4) is 0 Å². The third kappa shape index (κ3) is 3.66. The summed E-state index contributed by atoms with van der Waals surface area (Å²) < 4.78 is 21.2. The number of aryl methyl sites for hydroxylation is 1. The largest absolute Gasteiger partial charge is 0.493 e. The number of methoxy groups -OCH3 is 3. The van der Waals surface area contributed by atoms with E-state index < -0.39 is 0 Å². The van der Waals surface area contributed by atoms with Crippen molar-refractivity contribution in [3.05, 3.63) is 35.9 Å². The topological polar surface area (TPSA) is 104 Å². The zero-order chi connectivity index (χ0) is 18.5. The van der Waals surface area contributed by atoms with Gasteiger partial charge < -0.3 is 24.1 Å². The van der Waals surface area contributed by atoms with Gasteiger partial charge in [-0.15, -0.1) is 5.10 Å². The summed E-state index contributed by atoms with van der Waals surface area (Å²) in [5.74, 6) is 2.63. The summed E-state index contributed by atoms with van der Waals surface area (Å²) in [6.07, 6.45) is 1.56. The molecule has 136 valence electrons. The van der Waals surface area contributed by atoms with Crippen molar-refractivity contribution >= 4 is 5.95 Å². The van der Waals surface area contributed by atoms with Gasteiger partial charge >= 0.3 is 0 Å². The Kier molecular flexibility index (Phi) is 5.16. The predicted molar refractivity (Wildman–Crippen MR) is 93.5 cm³/mol. The first-order chi connectivity index (χ1) is 12.6. The molecule has 0 saturated carbocycles. The molecule has 0 bridgehead atoms.